The third-order valence-electron chi connectivity index (χ3n) is 4.77. The molecule has 21 heavy (non-hydrogen) atoms. The van der Waals surface area contributed by atoms with Gasteiger partial charge >= 0.3 is 0 Å². The first-order chi connectivity index (χ1) is 10.3. The molecule has 5 heteroatoms. The van der Waals surface area contributed by atoms with Crippen LogP contribution < -0.4 is 5.73 Å². The number of nitrogens with zero attached hydrogens (tertiary/aromatic N) is 4. The first kappa shape index (κ1) is 14.4. The van der Waals surface area contributed by atoms with Crippen molar-refractivity contribution in [3.8, 4) is 0 Å². The Balaban J connectivity index is 1.71. The fraction of sp³-hybridized carbons (Fsp3) is 0.750. The number of hydrogen-bond donors (Lipinski definition) is 1. The molecule has 0 radical (unpaired) electrons. The number of nitrogens with two attached hydrogens (primary N) is 1. The average molecular weight is 289 g/mol. The smallest absolute Gasteiger partial charge is 0.191 e. The summed E-state index contributed by atoms with van der Waals surface area (Å²) in [6, 6.07) is 0. The van der Waals surface area contributed by atoms with E-state index in [-0.39, 0.29) is 0 Å². The second-order valence-electron chi connectivity index (χ2n) is 6.28. The lowest BCUT2D eigenvalue weighted by molar-refractivity contribution is 0.428. The highest BCUT2D eigenvalue weighted by Gasteiger charge is 2.19. The Kier molecular flexibility index (Phi) is 4.46. The van der Waals surface area contributed by atoms with Crippen molar-refractivity contribution in [3.63, 3.8) is 0 Å². The van der Waals surface area contributed by atoms with Gasteiger partial charge in [0.25, 0.3) is 0 Å². The highest BCUT2D eigenvalue weighted by atomic mass is 15.3. The summed E-state index contributed by atoms with van der Waals surface area (Å²) in [5, 5.41) is 4.65. The van der Waals surface area contributed by atoms with E-state index in [2.05, 4.69) is 15.0 Å². The molecule has 2 aliphatic rings. The molecular formula is C16H27N5. The summed E-state index contributed by atoms with van der Waals surface area (Å²) < 4.78 is 2.01. The Morgan fingerprint density at radius 1 is 1.10 bits per heavy atom. The molecule has 0 unspecified atom stereocenters. The van der Waals surface area contributed by atoms with E-state index in [1.54, 1.807) is 0 Å². The van der Waals surface area contributed by atoms with Crippen LogP contribution in [-0.2, 0) is 26.4 Å². The van der Waals surface area contributed by atoms with Crippen LogP contribution >= 0.6 is 0 Å². The number of likely N-dealkylation sites (tertiary alicyclic amines) is 1. The van der Waals surface area contributed by atoms with Crippen molar-refractivity contribution in [2.75, 3.05) is 13.1 Å². The van der Waals surface area contributed by atoms with Crippen LogP contribution in [0.2, 0.25) is 0 Å². The number of guanidine groups is 1. The first-order valence-corrected chi connectivity index (χ1v) is 8.34. The van der Waals surface area contributed by atoms with Gasteiger partial charge in [-0.1, -0.05) is 12.8 Å². The second-order valence-corrected chi connectivity index (χ2v) is 6.28. The Bertz CT molecular complexity index is 509. The van der Waals surface area contributed by atoms with E-state index in [4.69, 9.17) is 5.73 Å². The zero-order chi connectivity index (χ0) is 14.7. The summed E-state index contributed by atoms with van der Waals surface area (Å²) in [7, 11) is 2.03. The lowest BCUT2D eigenvalue weighted by Crippen LogP contribution is -2.38. The molecule has 116 valence electrons. The Morgan fingerprint density at radius 3 is 2.57 bits per heavy atom. The molecule has 1 saturated heterocycles. The third-order valence-corrected chi connectivity index (χ3v) is 4.77. The largest absolute Gasteiger partial charge is 0.370 e. The SMILES string of the molecule is Cn1nc2c(c1CN=C(N)N1CCCCCC1)CCCC2. The van der Waals surface area contributed by atoms with Crippen LogP contribution in [0.3, 0.4) is 0 Å². The molecule has 1 aliphatic carbocycles. The minimum atomic E-state index is 0.668. The van der Waals surface area contributed by atoms with E-state index in [0.29, 0.717) is 12.5 Å². The van der Waals surface area contributed by atoms with E-state index in [1.807, 2.05) is 11.7 Å². The lowest BCUT2D eigenvalue weighted by atomic mass is 9.96. The Hall–Kier alpha value is -1.52. The summed E-state index contributed by atoms with van der Waals surface area (Å²) in [6.07, 6.45) is 9.92. The molecule has 0 saturated carbocycles. The predicted molar refractivity (Wildman–Crippen MR) is 85.2 cm³/mol. The van der Waals surface area contributed by atoms with E-state index >= 15 is 0 Å². The van der Waals surface area contributed by atoms with Gasteiger partial charge in [-0.05, 0) is 44.1 Å². The van der Waals surface area contributed by atoms with E-state index < -0.39 is 0 Å². The molecule has 0 atom stereocenters. The quantitative estimate of drug-likeness (QED) is 0.669. The fourth-order valence-electron chi connectivity index (χ4n) is 3.50. The number of rotatable bonds is 2. The molecule has 1 aromatic heterocycles. The highest BCUT2D eigenvalue weighted by molar-refractivity contribution is 5.78. The van der Waals surface area contributed by atoms with E-state index in [0.717, 1.165) is 25.9 Å². The van der Waals surface area contributed by atoms with Crippen LogP contribution in [0.15, 0.2) is 4.99 Å². The Labute approximate surface area is 127 Å². The molecule has 1 aliphatic heterocycles. The normalized spacial score (nSPS) is 20.2. The van der Waals surface area contributed by atoms with E-state index in [1.165, 1.54) is 55.5 Å². The van der Waals surface area contributed by atoms with Gasteiger partial charge in [-0.3, -0.25) is 4.68 Å². The molecular weight excluding hydrogens is 262 g/mol. The molecule has 0 amide bonds. The van der Waals surface area contributed by atoms with Gasteiger partial charge in [-0.25, -0.2) is 4.99 Å². The Morgan fingerprint density at radius 2 is 1.81 bits per heavy atom. The van der Waals surface area contributed by atoms with Crippen LogP contribution in [0.4, 0.5) is 0 Å². The number of aromatic nitrogens is 2. The number of aryl methyl sites for hydroxylation is 2. The number of fused-ring (bicyclic) bond motifs is 1. The molecule has 1 aromatic rings. The maximum atomic E-state index is 6.21. The minimum Gasteiger partial charge on any atom is -0.370 e. The molecule has 5 nitrogen and oxygen atoms in total. The molecule has 3 rings (SSSR count). The zero-order valence-corrected chi connectivity index (χ0v) is 13.1. The van der Waals surface area contributed by atoms with Crippen molar-refractivity contribution in [2.24, 2.45) is 17.8 Å². The molecule has 0 spiro atoms. The molecule has 0 aromatic carbocycles. The summed E-state index contributed by atoms with van der Waals surface area (Å²) >= 11 is 0. The van der Waals surface area contributed by atoms with Gasteiger partial charge in [-0.2, -0.15) is 5.10 Å². The average Bonchev–Trinajstić information content (AvgIpc) is 2.68. The van der Waals surface area contributed by atoms with Gasteiger partial charge in [-0.15, -0.1) is 0 Å². The van der Waals surface area contributed by atoms with Crippen LogP contribution in [0.5, 0.6) is 0 Å². The van der Waals surface area contributed by atoms with Crippen molar-refractivity contribution < 1.29 is 0 Å². The van der Waals surface area contributed by atoms with Crippen LogP contribution in [-0.4, -0.2) is 33.7 Å². The van der Waals surface area contributed by atoms with Crippen LogP contribution in [0, 0.1) is 0 Å². The first-order valence-electron chi connectivity index (χ1n) is 8.34. The van der Waals surface area contributed by atoms with Gasteiger partial charge in [0.05, 0.1) is 17.9 Å². The predicted octanol–water partition coefficient (Wildman–Crippen LogP) is 1.99. The van der Waals surface area contributed by atoms with Gasteiger partial charge in [0, 0.05) is 20.1 Å². The standard InChI is InChI=1S/C16H27N5/c1-20-15(13-8-4-5-9-14(13)19-20)12-18-16(17)21-10-6-2-3-7-11-21/h2-12H2,1H3,(H2,17,18). The maximum Gasteiger partial charge on any atom is 0.191 e. The van der Waals surface area contributed by atoms with Gasteiger partial charge in [0.2, 0.25) is 0 Å². The van der Waals surface area contributed by atoms with Crippen molar-refractivity contribution >= 4 is 5.96 Å². The third kappa shape index (κ3) is 3.22. The fourth-order valence-corrected chi connectivity index (χ4v) is 3.50. The van der Waals surface area contributed by atoms with Crippen LogP contribution in [0.1, 0.15) is 55.5 Å². The van der Waals surface area contributed by atoms with Gasteiger partial charge in [0.15, 0.2) is 5.96 Å². The van der Waals surface area contributed by atoms with E-state index in [9.17, 15) is 0 Å². The van der Waals surface area contributed by atoms with Gasteiger partial charge in [0.1, 0.15) is 0 Å². The lowest BCUT2D eigenvalue weighted by Gasteiger charge is -2.21. The summed E-state index contributed by atoms with van der Waals surface area (Å²) in [5.74, 6) is 0.711. The van der Waals surface area contributed by atoms with Crippen LogP contribution in [0.25, 0.3) is 0 Å². The molecule has 2 N–H and O–H groups in total. The molecule has 0 bridgehead atoms. The van der Waals surface area contributed by atoms with Crippen molar-refractivity contribution in [1.29, 1.82) is 0 Å². The molecule has 2 heterocycles. The van der Waals surface area contributed by atoms with Crippen molar-refractivity contribution in [3.05, 3.63) is 17.0 Å². The minimum absolute atomic E-state index is 0.668. The zero-order valence-electron chi connectivity index (χ0n) is 13.1. The van der Waals surface area contributed by atoms with Crippen molar-refractivity contribution in [2.45, 2.75) is 57.9 Å². The summed E-state index contributed by atoms with van der Waals surface area (Å²) in [4.78, 5) is 6.91. The summed E-state index contributed by atoms with van der Waals surface area (Å²) in [6.45, 7) is 2.78. The number of aliphatic imine (C=N–C) groups is 1. The van der Waals surface area contributed by atoms with Crippen molar-refractivity contribution in [1.82, 2.24) is 14.7 Å². The topological polar surface area (TPSA) is 59.4 Å². The maximum absolute atomic E-state index is 6.21. The number of hydrogen-bond acceptors (Lipinski definition) is 2. The second kappa shape index (κ2) is 6.50. The highest BCUT2D eigenvalue weighted by Crippen LogP contribution is 2.24. The monoisotopic (exact) mass is 289 g/mol. The molecule has 1 fully saturated rings. The van der Waals surface area contributed by atoms with Gasteiger partial charge < -0.3 is 10.6 Å². The summed E-state index contributed by atoms with van der Waals surface area (Å²) in [5.41, 5.74) is 10.2.